The third-order valence-corrected chi connectivity index (χ3v) is 7.04. The Morgan fingerprint density at radius 1 is 0.750 bits per heavy atom. The molecule has 0 heterocycles. The van der Waals surface area contributed by atoms with Gasteiger partial charge in [0.05, 0.1) is 0 Å². The van der Waals surface area contributed by atoms with Crippen LogP contribution in [0.15, 0.2) is 6.07 Å². The molecule has 4 heteroatoms. The zero-order valence-electron chi connectivity index (χ0n) is 13.9. The maximum absolute atomic E-state index is 6.06. The van der Waals surface area contributed by atoms with Gasteiger partial charge in [0.2, 0.25) is 0 Å². The van der Waals surface area contributed by atoms with Crippen LogP contribution in [0.25, 0.3) is 0 Å². The second-order valence-corrected chi connectivity index (χ2v) is 7.47. The van der Waals surface area contributed by atoms with E-state index in [0.29, 0.717) is 19.8 Å². The molecule has 0 saturated carbocycles. The van der Waals surface area contributed by atoms with E-state index in [2.05, 4.69) is 33.8 Å². The molecule has 0 saturated heterocycles. The summed E-state index contributed by atoms with van der Waals surface area (Å²) in [5.74, 6) is 0. The van der Waals surface area contributed by atoms with Crippen LogP contribution in [-0.2, 0) is 13.3 Å². The molecule has 0 bridgehead atoms. The molecule has 0 aromatic heterocycles. The van der Waals surface area contributed by atoms with Crippen LogP contribution in [0.3, 0.4) is 0 Å². The first-order valence-corrected chi connectivity index (χ1v) is 9.15. The van der Waals surface area contributed by atoms with Gasteiger partial charge in [-0.05, 0) is 70.7 Å². The van der Waals surface area contributed by atoms with E-state index in [1.165, 1.54) is 22.3 Å². The largest absolute Gasteiger partial charge is 0.537 e. The maximum Gasteiger partial charge on any atom is 0.537 e. The van der Waals surface area contributed by atoms with E-state index in [4.69, 9.17) is 13.3 Å². The van der Waals surface area contributed by atoms with Gasteiger partial charge in [0, 0.05) is 25.0 Å². The molecule has 0 aliphatic heterocycles. The highest BCUT2D eigenvalue weighted by Crippen LogP contribution is 2.20. The lowest BCUT2D eigenvalue weighted by Crippen LogP contribution is -2.59. The highest BCUT2D eigenvalue weighted by molar-refractivity contribution is 6.76. The SMILES string of the molecule is CCO[Si](OCC)(OCC)c1c(C)c(C)cc(C)c1C. The van der Waals surface area contributed by atoms with Crippen LogP contribution >= 0.6 is 0 Å². The molecule has 0 N–H and O–H groups in total. The van der Waals surface area contributed by atoms with Crippen molar-refractivity contribution < 1.29 is 13.3 Å². The predicted octanol–water partition coefficient (Wildman–Crippen LogP) is 3.18. The van der Waals surface area contributed by atoms with Crippen molar-refractivity contribution in [2.24, 2.45) is 0 Å². The van der Waals surface area contributed by atoms with Gasteiger partial charge in [-0.2, -0.15) is 0 Å². The summed E-state index contributed by atoms with van der Waals surface area (Å²) in [7, 11) is -2.82. The summed E-state index contributed by atoms with van der Waals surface area (Å²) in [6.07, 6.45) is 0. The first kappa shape index (κ1) is 17.4. The molecule has 114 valence electrons. The molecule has 0 radical (unpaired) electrons. The topological polar surface area (TPSA) is 27.7 Å². The van der Waals surface area contributed by atoms with E-state index >= 15 is 0 Å². The first-order chi connectivity index (χ1) is 9.43. The number of rotatable bonds is 7. The Balaban J connectivity index is 3.54. The Morgan fingerprint density at radius 3 is 1.40 bits per heavy atom. The fourth-order valence-electron chi connectivity index (χ4n) is 2.59. The van der Waals surface area contributed by atoms with Crippen molar-refractivity contribution in [3.05, 3.63) is 28.3 Å². The minimum atomic E-state index is -2.82. The second kappa shape index (κ2) is 7.36. The third-order valence-electron chi connectivity index (χ3n) is 3.68. The van der Waals surface area contributed by atoms with Gasteiger partial charge in [0.25, 0.3) is 0 Å². The van der Waals surface area contributed by atoms with E-state index in [1.54, 1.807) is 0 Å². The van der Waals surface area contributed by atoms with Crippen molar-refractivity contribution in [1.82, 2.24) is 0 Å². The normalized spacial score (nSPS) is 11.9. The van der Waals surface area contributed by atoms with Crippen molar-refractivity contribution in [3.63, 3.8) is 0 Å². The molecule has 0 unspecified atom stereocenters. The van der Waals surface area contributed by atoms with Gasteiger partial charge in [0.15, 0.2) is 0 Å². The summed E-state index contributed by atoms with van der Waals surface area (Å²) in [6.45, 7) is 16.3. The zero-order valence-corrected chi connectivity index (χ0v) is 14.9. The molecule has 1 rings (SSSR count). The van der Waals surface area contributed by atoms with Gasteiger partial charge in [0.1, 0.15) is 0 Å². The molecular weight excluding hydrogens is 268 g/mol. The summed E-state index contributed by atoms with van der Waals surface area (Å²) >= 11 is 0. The quantitative estimate of drug-likeness (QED) is 0.723. The minimum absolute atomic E-state index is 0.595. The lowest BCUT2D eigenvalue weighted by molar-refractivity contribution is 0.0856. The van der Waals surface area contributed by atoms with Crippen LogP contribution in [0.2, 0.25) is 0 Å². The van der Waals surface area contributed by atoms with E-state index in [1.807, 2.05) is 20.8 Å². The fraction of sp³-hybridized carbons (Fsp3) is 0.625. The molecule has 1 aromatic carbocycles. The lowest BCUT2D eigenvalue weighted by Gasteiger charge is -2.32. The Labute approximate surface area is 124 Å². The van der Waals surface area contributed by atoms with Crippen molar-refractivity contribution in [3.8, 4) is 0 Å². The van der Waals surface area contributed by atoms with Crippen LogP contribution in [0.1, 0.15) is 43.0 Å². The Bertz CT molecular complexity index is 414. The number of aryl methyl sites for hydroxylation is 2. The summed E-state index contributed by atoms with van der Waals surface area (Å²) in [5.41, 5.74) is 4.99. The average molecular weight is 296 g/mol. The fourth-order valence-corrected chi connectivity index (χ4v) is 5.72. The van der Waals surface area contributed by atoms with Gasteiger partial charge in [-0.1, -0.05) is 6.07 Å². The summed E-state index contributed by atoms with van der Waals surface area (Å²) in [4.78, 5) is 0. The van der Waals surface area contributed by atoms with Crippen LogP contribution in [-0.4, -0.2) is 28.6 Å². The number of hydrogen-bond donors (Lipinski definition) is 0. The van der Waals surface area contributed by atoms with Gasteiger partial charge in [-0.25, -0.2) is 0 Å². The van der Waals surface area contributed by atoms with Crippen LogP contribution < -0.4 is 5.19 Å². The molecule has 0 atom stereocenters. The van der Waals surface area contributed by atoms with Gasteiger partial charge >= 0.3 is 8.80 Å². The molecule has 0 spiro atoms. The van der Waals surface area contributed by atoms with Gasteiger partial charge in [-0.3, -0.25) is 0 Å². The average Bonchev–Trinajstić information content (AvgIpc) is 2.37. The van der Waals surface area contributed by atoms with E-state index in [9.17, 15) is 0 Å². The molecule has 3 nitrogen and oxygen atoms in total. The van der Waals surface area contributed by atoms with Crippen molar-refractivity contribution >= 4 is 14.0 Å². The molecule has 20 heavy (non-hydrogen) atoms. The summed E-state index contributed by atoms with van der Waals surface area (Å²) in [6, 6.07) is 2.22. The van der Waals surface area contributed by atoms with E-state index < -0.39 is 8.80 Å². The number of benzene rings is 1. The molecule has 0 aliphatic carbocycles. The highest BCUT2D eigenvalue weighted by atomic mass is 28.4. The summed E-state index contributed by atoms with van der Waals surface area (Å²) < 4.78 is 18.2. The smallest absolute Gasteiger partial charge is 0.370 e. The summed E-state index contributed by atoms with van der Waals surface area (Å²) in [5, 5.41) is 1.15. The van der Waals surface area contributed by atoms with Gasteiger partial charge < -0.3 is 13.3 Å². The molecule has 0 fully saturated rings. The third kappa shape index (κ3) is 3.31. The Morgan fingerprint density at radius 2 is 1.10 bits per heavy atom. The lowest BCUT2D eigenvalue weighted by atomic mass is 10.0. The highest BCUT2D eigenvalue weighted by Gasteiger charge is 2.46. The standard InChI is InChI=1S/C16H28O3Si/c1-8-17-20(18-9-2,19-10-3)16-14(6)12(4)11-13(5)15(16)7/h11H,8-10H2,1-7H3. The first-order valence-electron chi connectivity index (χ1n) is 7.43. The maximum atomic E-state index is 6.06. The monoisotopic (exact) mass is 296 g/mol. The van der Waals surface area contributed by atoms with Crippen molar-refractivity contribution in [2.45, 2.75) is 48.5 Å². The van der Waals surface area contributed by atoms with Crippen LogP contribution in [0.5, 0.6) is 0 Å². The number of hydrogen-bond acceptors (Lipinski definition) is 3. The molecule has 1 aromatic rings. The zero-order chi connectivity index (χ0) is 15.3. The Hall–Kier alpha value is -0.683. The van der Waals surface area contributed by atoms with E-state index in [-0.39, 0.29) is 0 Å². The van der Waals surface area contributed by atoms with Crippen molar-refractivity contribution in [1.29, 1.82) is 0 Å². The van der Waals surface area contributed by atoms with E-state index in [0.717, 1.165) is 5.19 Å². The predicted molar refractivity (Wildman–Crippen MR) is 85.7 cm³/mol. The van der Waals surface area contributed by atoms with Crippen LogP contribution in [0.4, 0.5) is 0 Å². The van der Waals surface area contributed by atoms with Crippen LogP contribution in [0, 0.1) is 27.7 Å². The minimum Gasteiger partial charge on any atom is -0.370 e. The molecule has 0 amide bonds. The Kier molecular flexibility index (Phi) is 6.39. The van der Waals surface area contributed by atoms with Gasteiger partial charge in [-0.15, -0.1) is 0 Å². The molecule has 0 aliphatic rings. The second-order valence-electron chi connectivity index (χ2n) is 4.99. The van der Waals surface area contributed by atoms with Crippen molar-refractivity contribution in [2.75, 3.05) is 19.8 Å². The molecular formula is C16H28O3Si.